The first-order valence-electron chi connectivity index (χ1n) is 9.12. The van der Waals surface area contributed by atoms with Crippen LogP contribution in [0.1, 0.15) is 0 Å². The Bertz CT molecular complexity index is 372. The van der Waals surface area contributed by atoms with Crippen molar-refractivity contribution in [3.63, 3.8) is 0 Å². The number of β-amino-alcohol motifs (C(OH)–C–C–N with tert-alkyl or cyclic N) is 2. The standard InChI is InChI=1S/C16H34N6O4/c17-15(25)13-21-5-1-19(9-11-23)2-6-22(14-16(18)26)8-4-20(3-7-21)10-12-24/h23-24H,1-14H2,(H2,17,25)(H2,18,26). The van der Waals surface area contributed by atoms with Crippen LogP contribution in [-0.4, -0.2) is 133 Å². The van der Waals surface area contributed by atoms with Crippen molar-refractivity contribution in [3.8, 4) is 0 Å². The van der Waals surface area contributed by atoms with Crippen LogP contribution in [0.4, 0.5) is 0 Å². The van der Waals surface area contributed by atoms with Gasteiger partial charge in [0, 0.05) is 65.4 Å². The zero-order valence-electron chi connectivity index (χ0n) is 15.6. The van der Waals surface area contributed by atoms with E-state index < -0.39 is 0 Å². The minimum atomic E-state index is -0.368. The number of nitrogens with zero attached hydrogens (tertiary/aromatic N) is 4. The molecule has 0 aliphatic carbocycles. The minimum Gasteiger partial charge on any atom is -0.395 e. The fraction of sp³-hybridized carbons (Fsp3) is 0.875. The van der Waals surface area contributed by atoms with Crippen LogP contribution in [0.3, 0.4) is 0 Å². The van der Waals surface area contributed by atoms with Crippen molar-refractivity contribution in [3.05, 3.63) is 0 Å². The highest BCUT2D eigenvalue weighted by molar-refractivity contribution is 5.76. The molecule has 1 heterocycles. The molecule has 0 radical (unpaired) electrons. The lowest BCUT2D eigenvalue weighted by Gasteiger charge is -2.33. The first-order chi connectivity index (χ1) is 12.4. The molecule has 0 atom stereocenters. The second-order valence-electron chi connectivity index (χ2n) is 6.62. The summed E-state index contributed by atoms with van der Waals surface area (Å²) in [5.74, 6) is -0.737. The van der Waals surface area contributed by atoms with Crippen molar-refractivity contribution < 1.29 is 19.8 Å². The maximum absolute atomic E-state index is 11.3. The minimum absolute atomic E-state index is 0.0515. The van der Waals surface area contributed by atoms with E-state index in [2.05, 4.69) is 9.80 Å². The van der Waals surface area contributed by atoms with Crippen LogP contribution >= 0.6 is 0 Å². The normalized spacial score (nSPS) is 20.4. The number of rotatable bonds is 8. The summed E-state index contributed by atoms with van der Waals surface area (Å²) in [6.45, 7) is 6.95. The molecule has 0 saturated carbocycles. The molecular weight excluding hydrogens is 340 g/mol. The van der Waals surface area contributed by atoms with Crippen LogP contribution in [0.2, 0.25) is 0 Å². The van der Waals surface area contributed by atoms with Gasteiger partial charge in [0.05, 0.1) is 26.3 Å². The molecule has 0 aromatic rings. The quantitative estimate of drug-likeness (QED) is 0.339. The molecule has 1 fully saturated rings. The average molecular weight is 374 g/mol. The lowest BCUT2D eigenvalue weighted by molar-refractivity contribution is -0.119. The van der Waals surface area contributed by atoms with E-state index in [1.165, 1.54) is 0 Å². The molecule has 26 heavy (non-hydrogen) atoms. The zero-order chi connectivity index (χ0) is 19.4. The fourth-order valence-electron chi connectivity index (χ4n) is 3.07. The highest BCUT2D eigenvalue weighted by Crippen LogP contribution is 2.00. The third kappa shape index (κ3) is 10.00. The van der Waals surface area contributed by atoms with Crippen LogP contribution in [0.5, 0.6) is 0 Å². The molecule has 0 aromatic heterocycles. The van der Waals surface area contributed by atoms with Gasteiger partial charge in [0.1, 0.15) is 0 Å². The lowest BCUT2D eigenvalue weighted by atomic mass is 10.3. The highest BCUT2D eigenvalue weighted by atomic mass is 16.3. The summed E-state index contributed by atoms with van der Waals surface area (Å²) in [6, 6.07) is 0. The summed E-state index contributed by atoms with van der Waals surface area (Å²) in [5.41, 5.74) is 10.7. The Kier molecular flexibility index (Phi) is 11.3. The van der Waals surface area contributed by atoms with Gasteiger partial charge in [0.15, 0.2) is 0 Å². The van der Waals surface area contributed by atoms with Crippen LogP contribution in [0.25, 0.3) is 0 Å². The Morgan fingerprint density at radius 2 is 0.885 bits per heavy atom. The van der Waals surface area contributed by atoms with E-state index in [1.54, 1.807) is 0 Å². The molecule has 1 aliphatic rings. The first kappa shape index (κ1) is 22.7. The number of amides is 2. The molecule has 1 aliphatic heterocycles. The molecule has 152 valence electrons. The van der Waals surface area contributed by atoms with Crippen molar-refractivity contribution in [1.82, 2.24) is 19.6 Å². The Morgan fingerprint density at radius 1 is 0.615 bits per heavy atom. The zero-order valence-corrected chi connectivity index (χ0v) is 15.6. The summed E-state index contributed by atoms with van der Waals surface area (Å²) in [6.07, 6.45) is 0. The van der Waals surface area contributed by atoms with E-state index in [9.17, 15) is 19.8 Å². The number of carbonyl (C=O) groups is 2. The molecular formula is C16H34N6O4. The van der Waals surface area contributed by atoms with Crippen molar-refractivity contribution in [2.24, 2.45) is 11.5 Å². The predicted molar refractivity (Wildman–Crippen MR) is 98.3 cm³/mol. The van der Waals surface area contributed by atoms with Gasteiger partial charge in [-0.05, 0) is 0 Å². The Labute approximate surface area is 155 Å². The van der Waals surface area contributed by atoms with E-state index in [-0.39, 0.29) is 38.1 Å². The van der Waals surface area contributed by atoms with E-state index in [1.807, 2.05) is 9.80 Å². The Balaban J connectivity index is 2.79. The maximum atomic E-state index is 11.3. The number of primary amides is 2. The van der Waals surface area contributed by atoms with Crippen LogP contribution in [-0.2, 0) is 9.59 Å². The van der Waals surface area contributed by atoms with Gasteiger partial charge in [-0.15, -0.1) is 0 Å². The molecule has 0 bridgehead atoms. The van der Waals surface area contributed by atoms with E-state index in [0.29, 0.717) is 65.4 Å². The summed E-state index contributed by atoms with van der Waals surface area (Å²) in [4.78, 5) is 30.9. The fourth-order valence-corrected chi connectivity index (χ4v) is 3.07. The van der Waals surface area contributed by atoms with E-state index in [0.717, 1.165) is 0 Å². The molecule has 0 aromatic carbocycles. The number of hydrogen-bond acceptors (Lipinski definition) is 8. The highest BCUT2D eigenvalue weighted by Gasteiger charge is 2.17. The van der Waals surface area contributed by atoms with Gasteiger partial charge in [-0.1, -0.05) is 0 Å². The van der Waals surface area contributed by atoms with Crippen LogP contribution < -0.4 is 11.5 Å². The van der Waals surface area contributed by atoms with Gasteiger partial charge < -0.3 is 21.7 Å². The summed E-state index contributed by atoms with van der Waals surface area (Å²) >= 11 is 0. The smallest absolute Gasteiger partial charge is 0.231 e. The lowest BCUT2D eigenvalue weighted by Crippen LogP contribution is -2.49. The van der Waals surface area contributed by atoms with Crippen molar-refractivity contribution in [2.75, 3.05) is 91.8 Å². The largest absolute Gasteiger partial charge is 0.395 e. The van der Waals surface area contributed by atoms with Crippen LogP contribution in [0.15, 0.2) is 0 Å². The van der Waals surface area contributed by atoms with Gasteiger partial charge in [0.2, 0.25) is 11.8 Å². The SMILES string of the molecule is NC(=O)CN1CCN(CCO)CCN(CC(N)=O)CCN(CCO)CC1. The Morgan fingerprint density at radius 3 is 1.12 bits per heavy atom. The van der Waals surface area contributed by atoms with Crippen LogP contribution in [0, 0.1) is 0 Å². The van der Waals surface area contributed by atoms with Crippen molar-refractivity contribution >= 4 is 11.8 Å². The summed E-state index contributed by atoms with van der Waals surface area (Å²) in [7, 11) is 0. The Hall–Kier alpha value is -1.30. The first-order valence-corrected chi connectivity index (χ1v) is 9.12. The molecule has 2 amide bonds. The van der Waals surface area contributed by atoms with Gasteiger partial charge in [0.25, 0.3) is 0 Å². The third-order valence-corrected chi connectivity index (χ3v) is 4.52. The van der Waals surface area contributed by atoms with Gasteiger partial charge in [-0.2, -0.15) is 0 Å². The molecule has 1 rings (SSSR count). The summed E-state index contributed by atoms with van der Waals surface area (Å²) in [5, 5.41) is 18.6. The van der Waals surface area contributed by atoms with Crippen molar-refractivity contribution in [2.45, 2.75) is 0 Å². The van der Waals surface area contributed by atoms with Gasteiger partial charge in [-0.25, -0.2) is 0 Å². The molecule has 0 spiro atoms. The van der Waals surface area contributed by atoms with Crippen molar-refractivity contribution in [1.29, 1.82) is 0 Å². The second-order valence-corrected chi connectivity index (χ2v) is 6.62. The number of aliphatic hydroxyl groups is 2. The molecule has 0 unspecified atom stereocenters. The number of carbonyl (C=O) groups excluding carboxylic acids is 2. The topological polar surface area (TPSA) is 140 Å². The molecule has 1 saturated heterocycles. The maximum Gasteiger partial charge on any atom is 0.231 e. The third-order valence-electron chi connectivity index (χ3n) is 4.52. The second kappa shape index (κ2) is 13.0. The van der Waals surface area contributed by atoms with Gasteiger partial charge >= 0.3 is 0 Å². The monoisotopic (exact) mass is 374 g/mol. The molecule has 10 heteroatoms. The average Bonchev–Trinajstić information content (AvgIpc) is 2.56. The predicted octanol–water partition coefficient (Wildman–Crippen LogP) is -3.84. The number of aliphatic hydroxyl groups excluding tert-OH is 2. The van der Waals surface area contributed by atoms with E-state index in [4.69, 9.17) is 11.5 Å². The number of hydrogen-bond donors (Lipinski definition) is 4. The summed E-state index contributed by atoms with van der Waals surface area (Å²) < 4.78 is 0. The van der Waals surface area contributed by atoms with Gasteiger partial charge in [-0.3, -0.25) is 29.2 Å². The van der Waals surface area contributed by atoms with E-state index >= 15 is 0 Å². The molecule has 6 N–H and O–H groups in total. The number of nitrogens with two attached hydrogens (primary N) is 2. The molecule has 10 nitrogen and oxygen atoms in total.